The summed E-state index contributed by atoms with van der Waals surface area (Å²) in [5, 5.41) is 0. The minimum atomic E-state index is 0.407. The molecule has 0 spiro atoms. The average molecular weight is 301 g/mol. The van der Waals surface area contributed by atoms with Gasteiger partial charge in [0.1, 0.15) is 5.82 Å². The molecule has 1 aromatic rings. The SMILES string of the molecule is CC1(C)CCN(c2ccc(Br)cn2)CCS1. The molecule has 1 aliphatic rings. The van der Waals surface area contributed by atoms with E-state index < -0.39 is 0 Å². The first-order valence-electron chi connectivity index (χ1n) is 5.57. The van der Waals surface area contributed by atoms with Crippen molar-refractivity contribution >= 4 is 33.5 Å². The fourth-order valence-electron chi connectivity index (χ4n) is 1.80. The summed E-state index contributed by atoms with van der Waals surface area (Å²) >= 11 is 5.48. The van der Waals surface area contributed by atoms with Gasteiger partial charge in [-0.1, -0.05) is 13.8 Å². The lowest BCUT2D eigenvalue weighted by molar-refractivity contribution is 0.635. The van der Waals surface area contributed by atoms with Crippen molar-refractivity contribution in [3.05, 3.63) is 22.8 Å². The van der Waals surface area contributed by atoms with Gasteiger partial charge in [0.05, 0.1) is 0 Å². The lowest BCUT2D eigenvalue weighted by Crippen LogP contribution is -2.27. The number of aromatic nitrogens is 1. The highest BCUT2D eigenvalue weighted by Gasteiger charge is 2.23. The number of rotatable bonds is 1. The van der Waals surface area contributed by atoms with Crippen molar-refractivity contribution in [3.63, 3.8) is 0 Å². The first-order valence-corrected chi connectivity index (χ1v) is 7.35. The summed E-state index contributed by atoms with van der Waals surface area (Å²) in [6.07, 6.45) is 3.09. The minimum absolute atomic E-state index is 0.407. The molecule has 1 saturated heterocycles. The van der Waals surface area contributed by atoms with Crippen molar-refractivity contribution in [2.24, 2.45) is 0 Å². The Balaban J connectivity index is 2.08. The molecule has 2 rings (SSSR count). The largest absolute Gasteiger partial charge is 0.356 e. The molecule has 1 fully saturated rings. The number of halogens is 1. The monoisotopic (exact) mass is 300 g/mol. The van der Waals surface area contributed by atoms with E-state index in [-0.39, 0.29) is 0 Å². The zero-order valence-corrected chi connectivity index (χ0v) is 12.1. The van der Waals surface area contributed by atoms with E-state index in [4.69, 9.17) is 0 Å². The number of thioether (sulfide) groups is 1. The van der Waals surface area contributed by atoms with Gasteiger partial charge in [0.2, 0.25) is 0 Å². The van der Waals surface area contributed by atoms with Crippen LogP contribution in [0.2, 0.25) is 0 Å². The van der Waals surface area contributed by atoms with Crippen molar-refractivity contribution in [3.8, 4) is 0 Å². The van der Waals surface area contributed by atoms with Crippen LogP contribution in [0.1, 0.15) is 20.3 Å². The molecule has 2 heterocycles. The van der Waals surface area contributed by atoms with E-state index in [0.717, 1.165) is 23.4 Å². The van der Waals surface area contributed by atoms with Crippen LogP contribution in [0.4, 0.5) is 5.82 Å². The molecule has 0 atom stereocenters. The quantitative estimate of drug-likeness (QED) is 0.789. The van der Waals surface area contributed by atoms with Gasteiger partial charge in [0.25, 0.3) is 0 Å². The van der Waals surface area contributed by atoms with Gasteiger partial charge in [-0.25, -0.2) is 4.98 Å². The Morgan fingerprint density at radius 3 is 2.88 bits per heavy atom. The van der Waals surface area contributed by atoms with Crippen LogP contribution in [0.15, 0.2) is 22.8 Å². The highest BCUT2D eigenvalue weighted by atomic mass is 79.9. The Morgan fingerprint density at radius 2 is 2.19 bits per heavy atom. The lowest BCUT2D eigenvalue weighted by atomic mass is 10.1. The fourth-order valence-corrected chi connectivity index (χ4v) is 3.14. The molecule has 0 aliphatic carbocycles. The summed E-state index contributed by atoms with van der Waals surface area (Å²) in [5.74, 6) is 2.28. The first-order chi connectivity index (χ1) is 7.57. The van der Waals surface area contributed by atoms with E-state index in [0.29, 0.717) is 4.75 Å². The second-order valence-electron chi connectivity index (χ2n) is 4.68. The molecule has 16 heavy (non-hydrogen) atoms. The van der Waals surface area contributed by atoms with Crippen LogP contribution in [0, 0.1) is 0 Å². The molecule has 1 aromatic heterocycles. The van der Waals surface area contributed by atoms with Crippen LogP contribution < -0.4 is 4.90 Å². The first kappa shape index (κ1) is 12.2. The molecule has 88 valence electrons. The Labute approximate surface area is 110 Å². The standard InChI is InChI=1S/C12H17BrN2S/c1-12(2)5-6-15(7-8-16-12)11-4-3-10(13)9-14-11/h3-4,9H,5-8H2,1-2H3. The Kier molecular flexibility index (Phi) is 3.80. The van der Waals surface area contributed by atoms with Crippen LogP contribution in [0.3, 0.4) is 0 Å². The summed E-state index contributed by atoms with van der Waals surface area (Å²) in [4.78, 5) is 6.84. The number of hydrogen-bond donors (Lipinski definition) is 0. The predicted molar refractivity (Wildman–Crippen MR) is 75.3 cm³/mol. The molecule has 0 bridgehead atoms. The highest BCUT2D eigenvalue weighted by molar-refractivity contribution is 9.10. The fraction of sp³-hybridized carbons (Fsp3) is 0.583. The molecule has 0 radical (unpaired) electrons. The predicted octanol–water partition coefficient (Wildman–Crippen LogP) is 3.57. The van der Waals surface area contributed by atoms with Crippen molar-refractivity contribution in [1.29, 1.82) is 0 Å². The third kappa shape index (κ3) is 3.14. The number of nitrogens with zero attached hydrogens (tertiary/aromatic N) is 2. The van der Waals surface area contributed by atoms with E-state index >= 15 is 0 Å². The summed E-state index contributed by atoms with van der Waals surface area (Å²) in [6, 6.07) is 4.15. The summed E-state index contributed by atoms with van der Waals surface area (Å²) in [6.45, 7) is 6.86. The van der Waals surface area contributed by atoms with Gasteiger partial charge in [-0.15, -0.1) is 0 Å². The van der Waals surface area contributed by atoms with Crippen molar-refractivity contribution in [2.75, 3.05) is 23.7 Å². The maximum atomic E-state index is 4.46. The van der Waals surface area contributed by atoms with Crippen LogP contribution in [0.5, 0.6) is 0 Å². The third-order valence-corrected chi connectivity index (χ3v) is 4.71. The van der Waals surface area contributed by atoms with E-state index in [2.05, 4.69) is 63.6 Å². The van der Waals surface area contributed by atoms with Gasteiger partial charge in [-0.2, -0.15) is 11.8 Å². The van der Waals surface area contributed by atoms with Gasteiger partial charge in [-0.3, -0.25) is 0 Å². The van der Waals surface area contributed by atoms with Crippen molar-refractivity contribution in [1.82, 2.24) is 4.98 Å². The van der Waals surface area contributed by atoms with Crippen LogP contribution in [-0.4, -0.2) is 28.6 Å². The van der Waals surface area contributed by atoms with Crippen LogP contribution >= 0.6 is 27.7 Å². The van der Waals surface area contributed by atoms with Gasteiger partial charge in [-0.05, 0) is 34.5 Å². The molecular formula is C12H17BrN2S. The molecule has 0 unspecified atom stereocenters. The topological polar surface area (TPSA) is 16.1 Å². The highest BCUT2D eigenvalue weighted by Crippen LogP contribution is 2.31. The van der Waals surface area contributed by atoms with Gasteiger partial charge in [0.15, 0.2) is 0 Å². The molecule has 0 N–H and O–H groups in total. The number of anilines is 1. The average Bonchev–Trinajstić information content (AvgIpc) is 2.41. The maximum absolute atomic E-state index is 4.46. The van der Waals surface area contributed by atoms with E-state index in [1.807, 2.05) is 6.20 Å². The van der Waals surface area contributed by atoms with E-state index in [9.17, 15) is 0 Å². The Hall–Kier alpha value is -0.220. The maximum Gasteiger partial charge on any atom is 0.128 e. The van der Waals surface area contributed by atoms with E-state index in [1.165, 1.54) is 12.2 Å². The summed E-state index contributed by atoms with van der Waals surface area (Å²) in [5.41, 5.74) is 0. The normalized spacial score (nSPS) is 20.6. The van der Waals surface area contributed by atoms with Crippen LogP contribution in [0.25, 0.3) is 0 Å². The second kappa shape index (κ2) is 4.96. The minimum Gasteiger partial charge on any atom is -0.356 e. The third-order valence-electron chi connectivity index (χ3n) is 2.87. The van der Waals surface area contributed by atoms with Gasteiger partial charge >= 0.3 is 0 Å². The number of pyridine rings is 1. The molecule has 4 heteroatoms. The van der Waals surface area contributed by atoms with Crippen molar-refractivity contribution < 1.29 is 0 Å². The van der Waals surface area contributed by atoms with Gasteiger partial charge < -0.3 is 4.90 Å². The zero-order valence-electron chi connectivity index (χ0n) is 9.74. The summed E-state index contributed by atoms with van der Waals surface area (Å²) < 4.78 is 1.45. The Bertz CT molecular complexity index is 351. The van der Waals surface area contributed by atoms with Crippen LogP contribution in [-0.2, 0) is 0 Å². The molecule has 0 saturated carbocycles. The van der Waals surface area contributed by atoms with E-state index in [1.54, 1.807) is 0 Å². The summed E-state index contributed by atoms with van der Waals surface area (Å²) in [7, 11) is 0. The zero-order chi connectivity index (χ0) is 11.6. The molecule has 0 amide bonds. The second-order valence-corrected chi connectivity index (χ2v) is 7.40. The molecule has 2 nitrogen and oxygen atoms in total. The number of hydrogen-bond acceptors (Lipinski definition) is 3. The molecule has 0 aromatic carbocycles. The van der Waals surface area contributed by atoms with Crippen molar-refractivity contribution in [2.45, 2.75) is 25.0 Å². The molecular weight excluding hydrogens is 284 g/mol. The smallest absolute Gasteiger partial charge is 0.128 e. The lowest BCUT2D eigenvalue weighted by Gasteiger charge is -2.23. The Morgan fingerprint density at radius 1 is 1.38 bits per heavy atom. The van der Waals surface area contributed by atoms with Gasteiger partial charge in [0, 0.05) is 34.3 Å². The molecule has 1 aliphatic heterocycles.